The molecule has 1 N–H and O–H groups in total. The van der Waals surface area contributed by atoms with Gasteiger partial charge in [0, 0.05) is 31.1 Å². The average molecular weight is 459 g/mol. The third kappa shape index (κ3) is 5.31. The standard InChI is InChI=1S/C26H26N4O2S/c1-17-8-11-23(14-18(17)2)30-25(12-13-27-19(3)31)28-29-26(30)33-16-24(32)22-10-9-20-6-4-5-7-21(20)15-22/h4-11,14-15H,12-13,16H2,1-3H3,(H,27,31). The first-order valence-corrected chi connectivity index (χ1v) is 11.8. The van der Waals surface area contributed by atoms with Crippen LogP contribution in [0, 0.1) is 13.8 Å². The Labute approximate surface area is 197 Å². The monoisotopic (exact) mass is 458 g/mol. The van der Waals surface area contributed by atoms with Crippen LogP contribution >= 0.6 is 11.8 Å². The molecule has 0 unspecified atom stereocenters. The summed E-state index contributed by atoms with van der Waals surface area (Å²) in [5, 5.41) is 14.4. The smallest absolute Gasteiger partial charge is 0.216 e. The number of nitrogens with zero attached hydrogens (tertiary/aromatic N) is 3. The van der Waals surface area contributed by atoms with Crippen molar-refractivity contribution in [2.45, 2.75) is 32.3 Å². The number of thioether (sulfide) groups is 1. The predicted molar refractivity (Wildman–Crippen MR) is 132 cm³/mol. The molecule has 0 bridgehead atoms. The molecule has 0 saturated carbocycles. The highest BCUT2D eigenvalue weighted by Crippen LogP contribution is 2.25. The van der Waals surface area contributed by atoms with Crippen molar-refractivity contribution in [3.8, 4) is 5.69 Å². The van der Waals surface area contributed by atoms with Gasteiger partial charge in [-0.25, -0.2) is 0 Å². The van der Waals surface area contributed by atoms with Crippen LogP contribution in [0.3, 0.4) is 0 Å². The number of carbonyl (C=O) groups is 2. The maximum Gasteiger partial charge on any atom is 0.216 e. The maximum atomic E-state index is 12.9. The van der Waals surface area contributed by atoms with E-state index < -0.39 is 0 Å². The molecule has 4 rings (SSSR count). The fourth-order valence-electron chi connectivity index (χ4n) is 3.61. The number of rotatable bonds is 8. The minimum Gasteiger partial charge on any atom is -0.356 e. The van der Waals surface area contributed by atoms with E-state index in [1.54, 1.807) is 0 Å². The van der Waals surface area contributed by atoms with Gasteiger partial charge in [0.15, 0.2) is 10.9 Å². The molecular formula is C26H26N4O2S. The molecule has 0 fully saturated rings. The molecule has 0 saturated heterocycles. The van der Waals surface area contributed by atoms with Crippen LogP contribution in [0.15, 0.2) is 65.8 Å². The van der Waals surface area contributed by atoms with Crippen LogP contribution in [0.5, 0.6) is 0 Å². The second-order valence-electron chi connectivity index (χ2n) is 8.01. The molecule has 0 radical (unpaired) electrons. The number of nitrogens with one attached hydrogen (secondary N) is 1. The molecule has 1 amide bonds. The molecule has 4 aromatic rings. The summed E-state index contributed by atoms with van der Waals surface area (Å²) in [4.78, 5) is 24.2. The summed E-state index contributed by atoms with van der Waals surface area (Å²) in [7, 11) is 0. The van der Waals surface area contributed by atoms with Crippen molar-refractivity contribution in [3.63, 3.8) is 0 Å². The van der Waals surface area contributed by atoms with E-state index >= 15 is 0 Å². The zero-order chi connectivity index (χ0) is 23.4. The summed E-state index contributed by atoms with van der Waals surface area (Å²) >= 11 is 1.37. The van der Waals surface area contributed by atoms with Gasteiger partial charge in [-0.3, -0.25) is 14.2 Å². The first-order valence-electron chi connectivity index (χ1n) is 10.8. The molecule has 0 atom stereocenters. The highest BCUT2D eigenvalue weighted by molar-refractivity contribution is 7.99. The molecule has 3 aromatic carbocycles. The van der Waals surface area contributed by atoms with Gasteiger partial charge in [0.1, 0.15) is 5.82 Å². The van der Waals surface area contributed by atoms with Gasteiger partial charge in [-0.15, -0.1) is 10.2 Å². The molecule has 33 heavy (non-hydrogen) atoms. The number of hydrogen-bond acceptors (Lipinski definition) is 5. The molecule has 0 aliphatic heterocycles. The zero-order valence-corrected chi connectivity index (χ0v) is 19.8. The molecule has 0 aliphatic rings. The lowest BCUT2D eigenvalue weighted by Crippen LogP contribution is -2.23. The molecule has 1 aromatic heterocycles. The Morgan fingerprint density at radius 1 is 0.939 bits per heavy atom. The summed E-state index contributed by atoms with van der Waals surface area (Å²) in [6.45, 7) is 6.10. The van der Waals surface area contributed by atoms with Crippen LogP contribution < -0.4 is 5.32 Å². The van der Waals surface area contributed by atoms with Crippen molar-refractivity contribution in [2.75, 3.05) is 12.3 Å². The predicted octanol–water partition coefficient (Wildman–Crippen LogP) is 4.69. The number of aryl methyl sites for hydroxylation is 2. The van der Waals surface area contributed by atoms with Crippen LogP contribution in [0.25, 0.3) is 16.5 Å². The van der Waals surface area contributed by atoms with Gasteiger partial charge in [-0.1, -0.05) is 54.2 Å². The van der Waals surface area contributed by atoms with Crippen LogP contribution in [0.1, 0.15) is 34.2 Å². The molecule has 168 valence electrons. The lowest BCUT2D eigenvalue weighted by Gasteiger charge is -2.12. The average Bonchev–Trinajstić information content (AvgIpc) is 3.21. The molecule has 0 aliphatic carbocycles. The topological polar surface area (TPSA) is 76.9 Å². The van der Waals surface area contributed by atoms with Crippen LogP contribution in [0.2, 0.25) is 0 Å². The van der Waals surface area contributed by atoms with Gasteiger partial charge >= 0.3 is 0 Å². The Balaban J connectivity index is 1.57. The number of benzene rings is 3. The zero-order valence-electron chi connectivity index (χ0n) is 19.0. The third-order valence-electron chi connectivity index (χ3n) is 5.58. The normalized spacial score (nSPS) is 11.0. The Kier molecular flexibility index (Phi) is 6.89. The number of fused-ring (bicyclic) bond motifs is 1. The SMILES string of the molecule is CC(=O)NCCc1nnc(SCC(=O)c2ccc3ccccc3c2)n1-c1ccc(C)c(C)c1. The first-order chi connectivity index (χ1) is 15.9. The minimum absolute atomic E-state index is 0.0418. The number of Topliss-reactive ketones (excluding diaryl/α,β-unsaturated/α-hetero) is 1. The lowest BCUT2D eigenvalue weighted by molar-refractivity contribution is -0.118. The summed E-state index contributed by atoms with van der Waals surface area (Å²) in [5.41, 5.74) is 4.00. The van der Waals surface area contributed by atoms with Crippen molar-refractivity contribution < 1.29 is 9.59 Å². The van der Waals surface area contributed by atoms with Crippen LogP contribution in [-0.2, 0) is 11.2 Å². The summed E-state index contributed by atoms with van der Waals surface area (Å²) < 4.78 is 1.98. The van der Waals surface area contributed by atoms with Gasteiger partial charge in [0.25, 0.3) is 0 Å². The van der Waals surface area contributed by atoms with Crippen molar-refractivity contribution in [1.29, 1.82) is 0 Å². The highest BCUT2D eigenvalue weighted by Gasteiger charge is 2.17. The maximum absolute atomic E-state index is 12.9. The fourth-order valence-corrected chi connectivity index (χ4v) is 4.47. The van der Waals surface area contributed by atoms with E-state index in [9.17, 15) is 9.59 Å². The van der Waals surface area contributed by atoms with Gasteiger partial charge in [0.05, 0.1) is 5.75 Å². The molecule has 0 spiro atoms. The highest BCUT2D eigenvalue weighted by atomic mass is 32.2. The molecular weight excluding hydrogens is 432 g/mol. The molecule has 7 heteroatoms. The van der Waals surface area contributed by atoms with Crippen LogP contribution in [-0.4, -0.2) is 38.8 Å². The number of ketones is 1. The van der Waals surface area contributed by atoms with Crippen molar-refractivity contribution in [3.05, 3.63) is 83.2 Å². The Morgan fingerprint density at radius 2 is 1.73 bits per heavy atom. The van der Waals surface area contributed by atoms with Gasteiger partial charge in [-0.05, 0) is 53.9 Å². The third-order valence-corrected chi connectivity index (χ3v) is 6.50. The van der Waals surface area contributed by atoms with E-state index in [2.05, 4.69) is 41.5 Å². The van der Waals surface area contributed by atoms with E-state index in [0.717, 1.165) is 27.8 Å². The van der Waals surface area contributed by atoms with Crippen molar-refractivity contribution >= 4 is 34.2 Å². The second kappa shape index (κ2) is 10.0. The van der Waals surface area contributed by atoms with E-state index in [1.807, 2.05) is 53.1 Å². The van der Waals surface area contributed by atoms with E-state index in [1.165, 1.54) is 24.2 Å². The number of hydrogen-bond donors (Lipinski definition) is 1. The van der Waals surface area contributed by atoms with Crippen molar-refractivity contribution in [1.82, 2.24) is 20.1 Å². The Hall–Kier alpha value is -3.45. The molecule has 1 heterocycles. The molecule has 6 nitrogen and oxygen atoms in total. The second-order valence-corrected chi connectivity index (χ2v) is 8.95. The minimum atomic E-state index is -0.0807. The van der Waals surface area contributed by atoms with Gasteiger partial charge < -0.3 is 5.32 Å². The first kappa shape index (κ1) is 22.7. The summed E-state index contributed by atoms with van der Waals surface area (Å²) in [5.74, 6) is 0.961. The summed E-state index contributed by atoms with van der Waals surface area (Å²) in [6, 6.07) is 20.0. The Bertz CT molecular complexity index is 1330. The van der Waals surface area contributed by atoms with E-state index in [0.29, 0.717) is 23.7 Å². The number of aromatic nitrogens is 3. The van der Waals surface area contributed by atoms with Crippen LogP contribution in [0.4, 0.5) is 0 Å². The van der Waals surface area contributed by atoms with Crippen molar-refractivity contribution in [2.24, 2.45) is 0 Å². The van der Waals surface area contributed by atoms with Gasteiger partial charge in [0.2, 0.25) is 5.91 Å². The number of carbonyl (C=O) groups excluding carboxylic acids is 2. The summed E-state index contributed by atoms with van der Waals surface area (Å²) in [6.07, 6.45) is 0.540. The lowest BCUT2D eigenvalue weighted by atomic mass is 10.1. The van der Waals surface area contributed by atoms with E-state index in [4.69, 9.17) is 0 Å². The van der Waals surface area contributed by atoms with E-state index in [-0.39, 0.29) is 17.4 Å². The van der Waals surface area contributed by atoms with Gasteiger partial charge in [-0.2, -0.15) is 0 Å². The largest absolute Gasteiger partial charge is 0.356 e. The Morgan fingerprint density at radius 3 is 2.48 bits per heavy atom. The number of amides is 1. The fraction of sp³-hybridized carbons (Fsp3) is 0.231. The quantitative estimate of drug-likeness (QED) is 0.306.